The molecule has 1 aromatic carbocycles. The van der Waals surface area contributed by atoms with Crippen molar-refractivity contribution in [3.8, 4) is 10.6 Å². The summed E-state index contributed by atoms with van der Waals surface area (Å²) in [5, 5.41) is 9.80. The van der Waals surface area contributed by atoms with E-state index in [-0.39, 0.29) is 11.9 Å². The molecule has 7 heteroatoms. The molecule has 122 valence electrons. The Labute approximate surface area is 147 Å². The third-order valence-corrected chi connectivity index (χ3v) is 5.81. The fraction of sp³-hybridized carbons (Fsp3) is 0.235. The number of para-hydroxylation sites is 1. The van der Waals surface area contributed by atoms with Gasteiger partial charge in [-0.15, -0.1) is 22.7 Å². The zero-order valence-electron chi connectivity index (χ0n) is 13.3. The van der Waals surface area contributed by atoms with Gasteiger partial charge in [-0.3, -0.25) is 4.79 Å². The van der Waals surface area contributed by atoms with Crippen LogP contribution in [-0.2, 0) is 11.2 Å². The maximum absolute atomic E-state index is 12.5. The topological polar surface area (TPSA) is 66.9 Å². The van der Waals surface area contributed by atoms with E-state index in [0.717, 1.165) is 27.0 Å². The largest absolute Gasteiger partial charge is 0.373 e. The number of nitrogens with one attached hydrogen (secondary N) is 2. The Morgan fingerprint density at radius 3 is 2.88 bits per heavy atom. The Hall–Kier alpha value is -2.25. The first-order valence-corrected chi connectivity index (χ1v) is 9.35. The molecule has 5 nitrogen and oxygen atoms in total. The van der Waals surface area contributed by atoms with Crippen LogP contribution in [0.4, 0.5) is 10.8 Å². The number of benzene rings is 1. The highest BCUT2D eigenvalue weighted by Crippen LogP contribution is 2.32. The van der Waals surface area contributed by atoms with E-state index in [9.17, 15) is 4.79 Å². The zero-order valence-corrected chi connectivity index (χ0v) is 14.9. The number of carbonyl (C=O) groups excluding carboxylic acids is 1. The summed E-state index contributed by atoms with van der Waals surface area (Å²) in [7, 11) is 0. The van der Waals surface area contributed by atoms with Gasteiger partial charge >= 0.3 is 0 Å². The molecule has 1 atom stereocenters. The lowest BCUT2D eigenvalue weighted by atomic mass is 10.1. The van der Waals surface area contributed by atoms with Gasteiger partial charge in [-0.2, -0.15) is 0 Å². The minimum absolute atomic E-state index is 0.0516. The minimum atomic E-state index is -0.248. The van der Waals surface area contributed by atoms with E-state index in [4.69, 9.17) is 0 Å². The predicted octanol–water partition coefficient (Wildman–Crippen LogP) is 3.86. The number of aromatic nitrogens is 2. The molecule has 0 fully saturated rings. The van der Waals surface area contributed by atoms with Gasteiger partial charge < -0.3 is 10.6 Å². The fourth-order valence-electron chi connectivity index (χ4n) is 2.85. The van der Waals surface area contributed by atoms with Gasteiger partial charge in [0.25, 0.3) is 0 Å². The third-order valence-electron chi connectivity index (χ3n) is 3.96. The van der Waals surface area contributed by atoms with E-state index >= 15 is 0 Å². The SMILES string of the molecule is Cc1nc(C)c(-c2csc(NC(=O)C3Cc4ccccc4N3)n2)s1. The predicted molar refractivity (Wildman–Crippen MR) is 98.9 cm³/mol. The normalized spacial score (nSPS) is 15.8. The lowest BCUT2D eigenvalue weighted by Gasteiger charge is -2.09. The molecule has 3 aromatic rings. The minimum Gasteiger partial charge on any atom is -0.373 e. The van der Waals surface area contributed by atoms with Gasteiger partial charge in [0.05, 0.1) is 21.3 Å². The van der Waals surface area contributed by atoms with Crippen LogP contribution < -0.4 is 10.6 Å². The summed E-state index contributed by atoms with van der Waals surface area (Å²) in [4.78, 5) is 22.5. The van der Waals surface area contributed by atoms with E-state index < -0.39 is 0 Å². The number of hydrogen-bond acceptors (Lipinski definition) is 6. The summed E-state index contributed by atoms with van der Waals surface area (Å²) in [6, 6.07) is 7.76. The average Bonchev–Trinajstić information content (AvgIpc) is 3.25. The molecule has 0 saturated carbocycles. The van der Waals surface area contributed by atoms with Crippen molar-refractivity contribution in [2.45, 2.75) is 26.3 Å². The summed E-state index contributed by atoms with van der Waals surface area (Å²) in [5.41, 5.74) is 4.07. The Kier molecular flexibility index (Phi) is 3.82. The maximum atomic E-state index is 12.5. The van der Waals surface area contributed by atoms with Crippen LogP contribution >= 0.6 is 22.7 Å². The molecule has 24 heavy (non-hydrogen) atoms. The molecule has 1 aliphatic rings. The summed E-state index contributed by atoms with van der Waals surface area (Å²) >= 11 is 3.07. The number of aryl methyl sites for hydroxylation is 2. The Bertz CT molecular complexity index is 890. The van der Waals surface area contributed by atoms with Gasteiger partial charge in [-0.05, 0) is 25.5 Å². The molecule has 0 radical (unpaired) electrons. The second-order valence-electron chi connectivity index (χ2n) is 5.73. The molecule has 3 heterocycles. The molecule has 0 saturated heterocycles. The molecule has 2 N–H and O–H groups in total. The number of anilines is 2. The molecule has 0 spiro atoms. The van der Waals surface area contributed by atoms with Crippen LogP contribution in [0.1, 0.15) is 16.3 Å². The molecule has 2 aromatic heterocycles. The smallest absolute Gasteiger partial charge is 0.248 e. The average molecular weight is 356 g/mol. The number of nitrogens with zero attached hydrogens (tertiary/aromatic N) is 2. The van der Waals surface area contributed by atoms with E-state index in [1.165, 1.54) is 16.9 Å². The van der Waals surface area contributed by atoms with Crippen LogP contribution in [0.25, 0.3) is 10.6 Å². The first kappa shape index (κ1) is 15.3. The summed E-state index contributed by atoms with van der Waals surface area (Å²) in [5.74, 6) is -0.0516. The van der Waals surface area contributed by atoms with Crippen molar-refractivity contribution < 1.29 is 4.79 Å². The molecule has 0 aliphatic carbocycles. The van der Waals surface area contributed by atoms with Gasteiger partial charge in [0.2, 0.25) is 5.91 Å². The highest BCUT2D eigenvalue weighted by molar-refractivity contribution is 7.16. The Balaban J connectivity index is 1.47. The van der Waals surface area contributed by atoms with Gasteiger partial charge in [0, 0.05) is 17.5 Å². The number of carbonyl (C=O) groups is 1. The molecular weight excluding hydrogens is 340 g/mol. The second-order valence-corrected chi connectivity index (χ2v) is 7.79. The van der Waals surface area contributed by atoms with Gasteiger partial charge in [0.1, 0.15) is 6.04 Å². The number of thiazole rings is 2. The lowest BCUT2D eigenvalue weighted by Crippen LogP contribution is -2.32. The summed E-state index contributed by atoms with van der Waals surface area (Å²) < 4.78 is 0. The van der Waals surface area contributed by atoms with Crippen molar-refractivity contribution in [3.63, 3.8) is 0 Å². The Morgan fingerprint density at radius 2 is 2.12 bits per heavy atom. The molecule has 1 amide bonds. The van der Waals surface area contributed by atoms with Crippen molar-refractivity contribution in [2.24, 2.45) is 0 Å². The molecule has 0 bridgehead atoms. The van der Waals surface area contributed by atoms with Gasteiger partial charge in [-0.1, -0.05) is 18.2 Å². The highest BCUT2D eigenvalue weighted by atomic mass is 32.1. The van der Waals surface area contributed by atoms with Crippen LogP contribution in [0.15, 0.2) is 29.6 Å². The van der Waals surface area contributed by atoms with Crippen molar-refractivity contribution >= 4 is 39.4 Å². The maximum Gasteiger partial charge on any atom is 0.248 e. The van der Waals surface area contributed by atoms with Crippen molar-refractivity contribution in [2.75, 3.05) is 10.6 Å². The van der Waals surface area contributed by atoms with Crippen LogP contribution in [0, 0.1) is 13.8 Å². The second kappa shape index (κ2) is 5.99. The van der Waals surface area contributed by atoms with E-state index in [2.05, 4.69) is 20.6 Å². The van der Waals surface area contributed by atoms with E-state index in [0.29, 0.717) is 11.6 Å². The van der Waals surface area contributed by atoms with Crippen LogP contribution in [0.5, 0.6) is 0 Å². The zero-order chi connectivity index (χ0) is 16.7. The third kappa shape index (κ3) is 2.81. The molecular formula is C17H16N4OS2. The van der Waals surface area contributed by atoms with Crippen molar-refractivity contribution in [3.05, 3.63) is 45.9 Å². The fourth-order valence-corrected chi connectivity index (χ4v) is 4.51. The number of fused-ring (bicyclic) bond motifs is 1. The quantitative estimate of drug-likeness (QED) is 0.748. The van der Waals surface area contributed by atoms with E-state index in [1.807, 2.05) is 43.5 Å². The number of rotatable bonds is 3. The lowest BCUT2D eigenvalue weighted by molar-refractivity contribution is -0.116. The molecule has 1 unspecified atom stereocenters. The molecule has 1 aliphatic heterocycles. The first-order valence-electron chi connectivity index (χ1n) is 7.65. The highest BCUT2D eigenvalue weighted by Gasteiger charge is 2.27. The number of amides is 1. The standard InChI is InChI=1S/C17H16N4OS2/c1-9-15(24-10(2)18-9)14-8-23-17(20-14)21-16(22)13-7-11-5-3-4-6-12(11)19-13/h3-6,8,13,19H,7H2,1-2H3,(H,20,21,22). The monoisotopic (exact) mass is 356 g/mol. The summed E-state index contributed by atoms with van der Waals surface area (Å²) in [6.07, 6.45) is 0.702. The van der Waals surface area contributed by atoms with Crippen LogP contribution in [0.2, 0.25) is 0 Å². The van der Waals surface area contributed by atoms with Gasteiger partial charge in [0.15, 0.2) is 5.13 Å². The van der Waals surface area contributed by atoms with Crippen LogP contribution in [0.3, 0.4) is 0 Å². The Morgan fingerprint density at radius 1 is 1.29 bits per heavy atom. The first-order chi connectivity index (χ1) is 11.6. The van der Waals surface area contributed by atoms with Crippen molar-refractivity contribution in [1.29, 1.82) is 0 Å². The number of hydrogen-bond donors (Lipinski definition) is 2. The van der Waals surface area contributed by atoms with Gasteiger partial charge in [-0.25, -0.2) is 9.97 Å². The van der Waals surface area contributed by atoms with E-state index in [1.54, 1.807) is 11.3 Å². The summed E-state index contributed by atoms with van der Waals surface area (Å²) in [6.45, 7) is 3.97. The van der Waals surface area contributed by atoms with Crippen LogP contribution in [-0.4, -0.2) is 21.9 Å². The van der Waals surface area contributed by atoms with Crippen molar-refractivity contribution in [1.82, 2.24) is 9.97 Å². The molecule has 4 rings (SSSR count).